The van der Waals surface area contributed by atoms with E-state index in [0.717, 1.165) is 31.9 Å². The van der Waals surface area contributed by atoms with E-state index in [0.29, 0.717) is 17.6 Å². The van der Waals surface area contributed by atoms with Crippen LogP contribution < -0.4 is 4.90 Å². The summed E-state index contributed by atoms with van der Waals surface area (Å²) in [7, 11) is 2.23. The zero-order valence-electron chi connectivity index (χ0n) is 13.9. The van der Waals surface area contributed by atoms with E-state index in [9.17, 15) is 4.79 Å². The Labute approximate surface area is 138 Å². The summed E-state index contributed by atoms with van der Waals surface area (Å²) < 4.78 is 0. The van der Waals surface area contributed by atoms with Gasteiger partial charge in [-0.05, 0) is 45.6 Å². The first-order valence-corrected chi connectivity index (χ1v) is 9.05. The topological polar surface area (TPSA) is 49.3 Å². The van der Waals surface area contributed by atoms with Gasteiger partial charge in [-0.15, -0.1) is 0 Å². The Morgan fingerprint density at radius 3 is 2.26 bits per heavy atom. The number of hydrogen-bond acceptors (Lipinski definition) is 5. The first kappa shape index (κ1) is 15.1. The molecule has 0 saturated carbocycles. The number of Topliss-reactive ketones (excluding diaryl/α,β-unsaturated/α-hetero) is 1. The van der Waals surface area contributed by atoms with Crippen LogP contribution in [-0.4, -0.2) is 52.9 Å². The number of aromatic nitrogens is 2. The average molecular weight is 314 g/mol. The predicted molar refractivity (Wildman–Crippen MR) is 89.7 cm³/mol. The van der Waals surface area contributed by atoms with Crippen LogP contribution in [0.25, 0.3) is 0 Å². The number of nitrogens with zero attached hydrogens (tertiary/aromatic N) is 4. The average Bonchev–Trinajstić information content (AvgIpc) is 3.08. The number of fused-ring (bicyclic) bond motifs is 2. The highest BCUT2D eigenvalue weighted by atomic mass is 16.1. The van der Waals surface area contributed by atoms with Crippen LogP contribution in [0.3, 0.4) is 0 Å². The third kappa shape index (κ3) is 2.87. The van der Waals surface area contributed by atoms with Gasteiger partial charge in [0.1, 0.15) is 0 Å². The SMILES string of the molecule is CN1C2CCCC1CC(C(=O)c1cnc(N3CCCC3)nc1)C2. The van der Waals surface area contributed by atoms with Gasteiger partial charge in [-0.3, -0.25) is 4.79 Å². The molecule has 0 spiro atoms. The van der Waals surface area contributed by atoms with Gasteiger partial charge in [0, 0.05) is 43.5 Å². The van der Waals surface area contributed by atoms with E-state index in [1.165, 1.54) is 32.1 Å². The second-order valence-electron chi connectivity index (χ2n) is 7.40. The number of rotatable bonds is 3. The first-order chi connectivity index (χ1) is 11.2. The van der Waals surface area contributed by atoms with E-state index in [2.05, 4.69) is 26.8 Å². The summed E-state index contributed by atoms with van der Waals surface area (Å²) >= 11 is 0. The minimum Gasteiger partial charge on any atom is -0.341 e. The molecule has 0 radical (unpaired) electrons. The van der Waals surface area contributed by atoms with E-state index < -0.39 is 0 Å². The molecule has 0 N–H and O–H groups in total. The molecule has 0 amide bonds. The minimum absolute atomic E-state index is 0.155. The molecule has 5 nitrogen and oxygen atoms in total. The molecule has 4 heterocycles. The van der Waals surface area contributed by atoms with Crippen LogP contribution in [0.1, 0.15) is 55.3 Å². The summed E-state index contributed by atoms with van der Waals surface area (Å²) in [5, 5.41) is 0. The van der Waals surface area contributed by atoms with E-state index in [-0.39, 0.29) is 11.7 Å². The molecule has 5 heteroatoms. The lowest BCUT2D eigenvalue weighted by molar-refractivity contribution is 0.0338. The predicted octanol–water partition coefficient (Wildman–Crippen LogP) is 2.52. The molecule has 2 bridgehead atoms. The monoisotopic (exact) mass is 314 g/mol. The maximum absolute atomic E-state index is 12.9. The Morgan fingerprint density at radius 2 is 1.65 bits per heavy atom. The number of hydrogen-bond donors (Lipinski definition) is 0. The highest BCUT2D eigenvalue weighted by Gasteiger charge is 2.38. The van der Waals surface area contributed by atoms with Crippen molar-refractivity contribution in [2.24, 2.45) is 5.92 Å². The normalized spacial score (nSPS) is 31.3. The van der Waals surface area contributed by atoms with E-state index >= 15 is 0 Å². The number of anilines is 1. The second kappa shape index (κ2) is 6.19. The van der Waals surface area contributed by atoms with Gasteiger partial charge in [0.15, 0.2) is 5.78 Å². The third-order valence-electron chi connectivity index (χ3n) is 6.02. The van der Waals surface area contributed by atoms with Crippen LogP contribution in [0.15, 0.2) is 12.4 Å². The van der Waals surface area contributed by atoms with Crippen LogP contribution in [-0.2, 0) is 0 Å². The lowest BCUT2D eigenvalue weighted by atomic mass is 9.76. The van der Waals surface area contributed by atoms with Crippen molar-refractivity contribution in [2.75, 3.05) is 25.0 Å². The van der Waals surface area contributed by atoms with Gasteiger partial charge in [-0.25, -0.2) is 9.97 Å². The zero-order chi connectivity index (χ0) is 15.8. The molecular weight excluding hydrogens is 288 g/mol. The first-order valence-electron chi connectivity index (χ1n) is 9.05. The maximum atomic E-state index is 12.9. The molecule has 23 heavy (non-hydrogen) atoms. The molecule has 2 unspecified atom stereocenters. The van der Waals surface area contributed by atoms with Gasteiger partial charge >= 0.3 is 0 Å². The van der Waals surface area contributed by atoms with Crippen LogP contribution in [0.2, 0.25) is 0 Å². The van der Waals surface area contributed by atoms with Crippen molar-refractivity contribution >= 4 is 11.7 Å². The van der Waals surface area contributed by atoms with E-state index in [4.69, 9.17) is 0 Å². The van der Waals surface area contributed by atoms with Crippen LogP contribution in [0.4, 0.5) is 5.95 Å². The highest BCUT2D eigenvalue weighted by molar-refractivity contribution is 5.97. The Balaban J connectivity index is 1.46. The molecule has 4 rings (SSSR count). The van der Waals surface area contributed by atoms with Gasteiger partial charge in [0.2, 0.25) is 5.95 Å². The van der Waals surface area contributed by atoms with Gasteiger partial charge in [0.25, 0.3) is 0 Å². The molecule has 124 valence electrons. The summed E-state index contributed by atoms with van der Waals surface area (Å²) in [5.41, 5.74) is 0.695. The van der Waals surface area contributed by atoms with E-state index in [1.807, 2.05) is 0 Å². The van der Waals surface area contributed by atoms with Gasteiger partial charge in [-0.2, -0.15) is 0 Å². The molecular formula is C18H26N4O. The fraction of sp³-hybridized carbons (Fsp3) is 0.722. The summed E-state index contributed by atoms with van der Waals surface area (Å²) in [6, 6.07) is 1.17. The molecule has 1 aromatic rings. The smallest absolute Gasteiger partial charge is 0.225 e. The molecule has 3 saturated heterocycles. The Morgan fingerprint density at radius 1 is 1.04 bits per heavy atom. The van der Waals surface area contributed by atoms with Crippen molar-refractivity contribution < 1.29 is 4.79 Å². The maximum Gasteiger partial charge on any atom is 0.225 e. The Bertz CT molecular complexity index is 553. The van der Waals surface area contributed by atoms with Crippen LogP contribution >= 0.6 is 0 Å². The Kier molecular flexibility index (Phi) is 4.05. The molecule has 2 atom stereocenters. The van der Waals surface area contributed by atoms with Gasteiger partial charge in [0.05, 0.1) is 5.56 Å². The Hall–Kier alpha value is -1.49. The second-order valence-corrected chi connectivity index (χ2v) is 7.40. The fourth-order valence-electron chi connectivity index (χ4n) is 4.59. The quantitative estimate of drug-likeness (QED) is 0.802. The highest BCUT2D eigenvalue weighted by Crippen LogP contribution is 2.37. The zero-order valence-corrected chi connectivity index (χ0v) is 13.9. The van der Waals surface area contributed by atoms with E-state index in [1.54, 1.807) is 12.4 Å². The standard InChI is InChI=1S/C18H26N4O/c1-21-15-5-4-6-16(21)10-13(9-15)17(23)14-11-19-18(20-12-14)22-7-2-3-8-22/h11-13,15-16H,2-10H2,1H3. The molecule has 3 fully saturated rings. The molecule has 0 aromatic carbocycles. The van der Waals surface area contributed by atoms with Crippen molar-refractivity contribution in [1.29, 1.82) is 0 Å². The lowest BCUT2D eigenvalue weighted by Gasteiger charge is -2.46. The van der Waals surface area contributed by atoms with Gasteiger partial charge < -0.3 is 9.80 Å². The van der Waals surface area contributed by atoms with Crippen molar-refractivity contribution in [2.45, 2.75) is 57.0 Å². The summed E-state index contributed by atoms with van der Waals surface area (Å²) in [5.74, 6) is 1.19. The third-order valence-corrected chi connectivity index (χ3v) is 6.02. The lowest BCUT2D eigenvalue weighted by Crippen LogP contribution is -2.51. The van der Waals surface area contributed by atoms with Crippen molar-refractivity contribution in [3.63, 3.8) is 0 Å². The van der Waals surface area contributed by atoms with Crippen molar-refractivity contribution in [3.05, 3.63) is 18.0 Å². The van der Waals surface area contributed by atoms with Gasteiger partial charge in [-0.1, -0.05) is 6.42 Å². The minimum atomic E-state index is 0.155. The number of piperidine rings is 2. The van der Waals surface area contributed by atoms with Crippen LogP contribution in [0.5, 0.6) is 0 Å². The number of carbonyl (C=O) groups is 1. The molecule has 0 aliphatic carbocycles. The summed E-state index contributed by atoms with van der Waals surface area (Å²) in [6.07, 6.45) is 11.7. The summed E-state index contributed by atoms with van der Waals surface area (Å²) in [4.78, 5) is 26.5. The largest absolute Gasteiger partial charge is 0.341 e. The fourth-order valence-corrected chi connectivity index (χ4v) is 4.59. The molecule has 1 aromatic heterocycles. The van der Waals surface area contributed by atoms with Crippen molar-refractivity contribution in [1.82, 2.24) is 14.9 Å². The summed E-state index contributed by atoms with van der Waals surface area (Å²) in [6.45, 7) is 2.07. The van der Waals surface area contributed by atoms with Crippen LogP contribution in [0, 0.1) is 5.92 Å². The van der Waals surface area contributed by atoms with Crippen molar-refractivity contribution in [3.8, 4) is 0 Å². The molecule has 3 aliphatic heterocycles. The molecule has 3 aliphatic rings. The number of carbonyl (C=O) groups excluding carboxylic acids is 1. The number of ketones is 1.